The van der Waals surface area contributed by atoms with E-state index in [9.17, 15) is 14.7 Å². The Morgan fingerprint density at radius 1 is 0.977 bits per heavy atom. The van der Waals surface area contributed by atoms with Gasteiger partial charge >= 0.3 is 12.1 Å². The van der Waals surface area contributed by atoms with Gasteiger partial charge in [-0.2, -0.15) is 4.57 Å². The molecule has 10 nitrogen and oxygen atoms in total. The molecule has 1 aliphatic heterocycles. The number of aromatic nitrogens is 1. The van der Waals surface area contributed by atoms with Crippen molar-refractivity contribution in [2.24, 2.45) is 4.99 Å². The van der Waals surface area contributed by atoms with E-state index < -0.39 is 24.1 Å². The minimum atomic E-state index is -0.617. The van der Waals surface area contributed by atoms with Crippen molar-refractivity contribution >= 4 is 23.8 Å². The van der Waals surface area contributed by atoms with Crippen LogP contribution in [0, 0.1) is 0 Å². The van der Waals surface area contributed by atoms with Gasteiger partial charge in [0.05, 0.1) is 19.7 Å². The molecule has 0 spiro atoms. The number of benzene rings is 3. The van der Waals surface area contributed by atoms with Crippen LogP contribution in [0.1, 0.15) is 24.0 Å². The number of nitrogens with one attached hydrogen (secondary N) is 1. The second kappa shape index (κ2) is 14.7. The van der Waals surface area contributed by atoms with Crippen molar-refractivity contribution in [3.63, 3.8) is 0 Å². The highest BCUT2D eigenvalue weighted by Gasteiger charge is 2.36. The van der Waals surface area contributed by atoms with Gasteiger partial charge in [-0.1, -0.05) is 60.7 Å². The first-order valence-corrected chi connectivity index (χ1v) is 14.3. The Hall–Kier alpha value is -5.38. The zero-order valence-corrected chi connectivity index (χ0v) is 24.4. The summed E-state index contributed by atoms with van der Waals surface area (Å²) in [5.41, 5.74) is 4.46. The van der Waals surface area contributed by atoms with Crippen LogP contribution in [-0.4, -0.2) is 42.7 Å². The van der Waals surface area contributed by atoms with Crippen molar-refractivity contribution in [3.05, 3.63) is 115 Å². The highest BCUT2D eigenvalue weighted by molar-refractivity contribution is 5.85. The molecule has 1 fully saturated rings. The fourth-order valence-electron chi connectivity index (χ4n) is 4.95. The van der Waals surface area contributed by atoms with Gasteiger partial charge in [0, 0.05) is 29.4 Å². The summed E-state index contributed by atoms with van der Waals surface area (Å²) in [6.07, 6.45) is 4.18. The fraction of sp³-hybridized carbons (Fsp3) is 0.235. The quantitative estimate of drug-likeness (QED) is 0.126. The number of methoxy groups -OCH3 is 1. The number of rotatable bonds is 10. The molecule has 1 N–H and O–H groups in total. The van der Waals surface area contributed by atoms with Crippen molar-refractivity contribution in [2.45, 2.75) is 38.8 Å². The van der Waals surface area contributed by atoms with Gasteiger partial charge in [0.15, 0.2) is 12.4 Å². The number of ether oxygens (including phenoxy) is 3. The van der Waals surface area contributed by atoms with Crippen LogP contribution in [0.4, 0.5) is 10.5 Å². The van der Waals surface area contributed by atoms with E-state index in [4.69, 9.17) is 14.2 Å². The molecule has 1 amide bonds. The van der Waals surface area contributed by atoms with E-state index >= 15 is 0 Å². The molecule has 0 radical (unpaired) electrons. The first kappa shape index (κ1) is 30.1. The number of para-hydroxylation sites is 1. The molecule has 5 rings (SSSR count). The molecule has 4 aromatic rings. The van der Waals surface area contributed by atoms with Crippen LogP contribution in [0.5, 0.6) is 5.75 Å². The smallest absolute Gasteiger partial charge is 0.415 e. The summed E-state index contributed by atoms with van der Waals surface area (Å²) in [5.74, 6) is 0.355. The fourth-order valence-corrected chi connectivity index (χ4v) is 4.95. The molecule has 2 heterocycles. The molecular formula is C34H34N4O6. The van der Waals surface area contributed by atoms with Crippen LogP contribution in [0.2, 0.25) is 0 Å². The normalized spacial score (nSPS) is 14.6. The Labute approximate surface area is 256 Å². The average molecular weight is 595 g/mol. The van der Waals surface area contributed by atoms with Gasteiger partial charge in [0.25, 0.3) is 6.73 Å². The van der Waals surface area contributed by atoms with Crippen molar-refractivity contribution in [2.75, 3.05) is 19.0 Å². The number of hydrogen-bond acceptors (Lipinski definition) is 7. The summed E-state index contributed by atoms with van der Waals surface area (Å²) in [4.78, 5) is 29.9. The van der Waals surface area contributed by atoms with Crippen molar-refractivity contribution in [3.8, 4) is 16.9 Å². The van der Waals surface area contributed by atoms with E-state index in [2.05, 4.69) is 22.4 Å². The molecule has 0 bridgehead atoms. The Balaban J connectivity index is 1.10. The summed E-state index contributed by atoms with van der Waals surface area (Å²) < 4.78 is 18.0. The van der Waals surface area contributed by atoms with Crippen LogP contribution in [-0.2, 0) is 34.2 Å². The number of carbonyl (C=O) groups excluding carboxylic acids is 2. The Bertz CT molecular complexity index is 1590. The van der Waals surface area contributed by atoms with Crippen LogP contribution < -0.4 is 19.7 Å². The van der Waals surface area contributed by atoms with Gasteiger partial charge in [-0.05, 0) is 48.2 Å². The van der Waals surface area contributed by atoms with Gasteiger partial charge < -0.3 is 24.6 Å². The number of anilines is 1. The molecule has 10 heteroatoms. The van der Waals surface area contributed by atoms with Crippen molar-refractivity contribution in [1.82, 2.24) is 4.90 Å². The molecule has 1 saturated heterocycles. The summed E-state index contributed by atoms with van der Waals surface area (Å²) >= 11 is 0. The maximum Gasteiger partial charge on any atom is 0.415 e. The molecule has 1 aromatic heterocycles. The first-order valence-electron chi connectivity index (χ1n) is 14.3. The number of aliphatic imine (C=N–C) groups is 1. The van der Waals surface area contributed by atoms with E-state index in [-0.39, 0.29) is 13.3 Å². The number of carbonyl (C=O) groups is 2. The molecular weight excluding hydrogens is 560 g/mol. The summed E-state index contributed by atoms with van der Waals surface area (Å²) in [7, 11) is 1.30. The molecule has 44 heavy (non-hydrogen) atoms. The molecule has 3 aromatic carbocycles. The minimum absolute atomic E-state index is 0.0445. The lowest BCUT2D eigenvalue weighted by Crippen LogP contribution is -2.44. The lowest BCUT2D eigenvalue weighted by molar-refractivity contribution is -0.727. The molecule has 1 aliphatic rings. The van der Waals surface area contributed by atoms with Gasteiger partial charge in [-0.25, -0.2) is 9.59 Å². The predicted molar refractivity (Wildman–Crippen MR) is 162 cm³/mol. The lowest BCUT2D eigenvalue weighted by atomic mass is 10.0. The van der Waals surface area contributed by atoms with Crippen molar-refractivity contribution in [1.29, 1.82) is 0 Å². The van der Waals surface area contributed by atoms with Gasteiger partial charge in [-0.15, -0.1) is 0 Å². The zero-order valence-electron chi connectivity index (χ0n) is 24.4. The number of hydrogen-bond donors (Lipinski definition) is 1. The Morgan fingerprint density at radius 3 is 2.55 bits per heavy atom. The topological polar surface area (TPSA) is 116 Å². The SMILES string of the molecule is COC(=O)[C@@H]1CCCN1C(=O)OC[n+]1cccc(CN=C([O-])Nc2ccc(COc3ccccc3-c3ccccc3)cc2)c1. The van der Waals surface area contributed by atoms with Gasteiger partial charge in [-0.3, -0.25) is 9.89 Å². The summed E-state index contributed by atoms with van der Waals surface area (Å²) in [6, 6.07) is 28.0. The average Bonchev–Trinajstić information content (AvgIpc) is 3.57. The summed E-state index contributed by atoms with van der Waals surface area (Å²) in [5, 5.41) is 15.3. The van der Waals surface area contributed by atoms with E-state index in [1.165, 1.54) is 12.0 Å². The maximum absolute atomic E-state index is 12.5. The molecule has 0 unspecified atom stereocenters. The van der Waals surface area contributed by atoms with Gasteiger partial charge in [0.2, 0.25) is 0 Å². The second-order valence-electron chi connectivity index (χ2n) is 10.2. The first-order chi connectivity index (χ1) is 21.5. The standard InChI is InChI=1S/C34H34N4O6/c1-42-32(39)30-13-8-20-38(30)34(41)44-24-37-19-7-9-26(22-37)21-35-33(40)36-28-17-15-25(16-18-28)23-43-31-14-6-5-12-29(31)27-10-3-2-4-11-27/h2-7,9-12,14-19,22,30H,8,13,20-21,23-24H2,1H3,(H-,35,36,40)/t30-/m0/s1. The van der Waals surface area contributed by atoms with E-state index in [1.807, 2.05) is 72.8 Å². The molecule has 0 saturated carbocycles. The largest absolute Gasteiger partial charge is 0.846 e. The number of amides is 1. The van der Waals surface area contributed by atoms with Gasteiger partial charge in [0.1, 0.15) is 18.4 Å². The number of nitrogens with zero attached hydrogens (tertiary/aromatic N) is 3. The Kier molecular flexibility index (Phi) is 10.0. The van der Waals surface area contributed by atoms with Crippen molar-refractivity contribution < 1.29 is 33.5 Å². The third kappa shape index (κ3) is 7.91. The lowest BCUT2D eigenvalue weighted by Gasteiger charge is -2.21. The number of esters is 1. The monoisotopic (exact) mass is 594 g/mol. The number of likely N-dealkylation sites (tertiary alicyclic amines) is 1. The summed E-state index contributed by atoms with van der Waals surface area (Å²) in [6.45, 7) is 0.924. The number of pyridine rings is 1. The third-order valence-electron chi connectivity index (χ3n) is 7.19. The third-order valence-corrected chi connectivity index (χ3v) is 7.19. The highest BCUT2D eigenvalue weighted by atomic mass is 16.6. The zero-order chi connectivity index (χ0) is 30.7. The van der Waals surface area contributed by atoms with Crippen LogP contribution in [0.3, 0.4) is 0 Å². The Morgan fingerprint density at radius 2 is 1.75 bits per heavy atom. The van der Waals surface area contributed by atoms with Crippen LogP contribution >= 0.6 is 0 Å². The molecule has 1 atom stereocenters. The van der Waals surface area contributed by atoms with E-state index in [0.29, 0.717) is 31.7 Å². The van der Waals surface area contributed by atoms with E-state index in [0.717, 1.165) is 28.0 Å². The molecule has 0 aliphatic carbocycles. The van der Waals surface area contributed by atoms with Crippen LogP contribution in [0.25, 0.3) is 11.1 Å². The molecule has 226 valence electrons. The minimum Gasteiger partial charge on any atom is -0.846 e. The second-order valence-corrected chi connectivity index (χ2v) is 10.2. The number of amidine groups is 1. The maximum atomic E-state index is 12.5. The predicted octanol–water partition coefficient (Wildman–Crippen LogP) is 4.28. The van der Waals surface area contributed by atoms with Crippen LogP contribution in [0.15, 0.2) is 108 Å². The van der Waals surface area contributed by atoms with E-state index in [1.54, 1.807) is 23.0 Å². The highest BCUT2D eigenvalue weighted by Crippen LogP contribution is 2.30.